The molecule has 0 amide bonds. The van der Waals surface area contributed by atoms with Crippen molar-refractivity contribution in [3.8, 4) is 0 Å². The van der Waals surface area contributed by atoms with Crippen LogP contribution in [-0.4, -0.2) is 14.2 Å². The van der Waals surface area contributed by atoms with E-state index >= 15 is 0 Å². The Balaban J connectivity index is 2.25. The van der Waals surface area contributed by atoms with Crippen molar-refractivity contribution in [3.05, 3.63) is 58.9 Å². The van der Waals surface area contributed by atoms with E-state index in [-0.39, 0.29) is 17.2 Å². The summed E-state index contributed by atoms with van der Waals surface area (Å²) in [6.45, 7) is 1.77. The van der Waals surface area contributed by atoms with Gasteiger partial charge in [0.05, 0.1) is 16.3 Å². The molecule has 6 heteroatoms. The Bertz CT molecular complexity index is 747. The molecule has 0 unspecified atom stereocenters. The number of hydrogen-bond donors (Lipinski definition) is 1. The molecule has 0 bridgehead atoms. The molecule has 0 atom stereocenters. The third-order valence-corrected chi connectivity index (χ3v) is 5.11. The highest BCUT2D eigenvalue weighted by molar-refractivity contribution is 7.91. The SMILES string of the molecule is CCS(=O)(=O)c1ccccc1NCc1ccc(Cl)cc1F. The van der Waals surface area contributed by atoms with Gasteiger partial charge >= 0.3 is 0 Å². The van der Waals surface area contributed by atoms with Gasteiger partial charge in [0.2, 0.25) is 0 Å². The van der Waals surface area contributed by atoms with Gasteiger partial charge in [0.15, 0.2) is 9.84 Å². The lowest BCUT2D eigenvalue weighted by molar-refractivity contribution is 0.597. The van der Waals surface area contributed by atoms with Gasteiger partial charge in [0.1, 0.15) is 5.82 Å². The van der Waals surface area contributed by atoms with Crippen LogP contribution in [0.1, 0.15) is 12.5 Å². The van der Waals surface area contributed by atoms with Crippen molar-refractivity contribution in [3.63, 3.8) is 0 Å². The summed E-state index contributed by atoms with van der Waals surface area (Å²) < 4.78 is 37.7. The first-order valence-electron chi connectivity index (χ1n) is 6.43. The fraction of sp³-hybridized carbons (Fsp3) is 0.200. The Labute approximate surface area is 128 Å². The molecule has 0 saturated carbocycles. The average Bonchev–Trinajstić information content (AvgIpc) is 2.46. The predicted octanol–water partition coefficient (Wildman–Crippen LogP) is 3.88. The Morgan fingerprint density at radius 1 is 1.19 bits per heavy atom. The lowest BCUT2D eigenvalue weighted by atomic mass is 10.2. The molecule has 0 saturated heterocycles. The number of sulfone groups is 1. The van der Waals surface area contributed by atoms with Gasteiger partial charge in [0.25, 0.3) is 0 Å². The summed E-state index contributed by atoms with van der Waals surface area (Å²) in [5, 5.41) is 3.29. The fourth-order valence-corrected chi connectivity index (χ4v) is 3.13. The average molecular weight is 328 g/mol. The molecule has 0 aliphatic carbocycles. The first-order valence-corrected chi connectivity index (χ1v) is 8.46. The van der Waals surface area contributed by atoms with Crippen molar-refractivity contribution in [2.45, 2.75) is 18.4 Å². The van der Waals surface area contributed by atoms with Crippen LogP contribution < -0.4 is 5.32 Å². The Morgan fingerprint density at radius 2 is 1.90 bits per heavy atom. The number of nitrogens with one attached hydrogen (secondary N) is 1. The number of para-hydroxylation sites is 1. The standard InChI is InChI=1S/C15H15ClFNO2S/c1-2-21(19,20)15-6-4-3-5-14(15)18-10-11-7-8-12(16)9-13(11)17/h3-9,18H,2,10H2,1H3. The predicted molar refractivity (Wildman–Crippen MR) is 82.9 cm³/mol. The van der Waals surface area contributed by atoms with E-state index in [1.807, 2.05) is 0 Å². The number of rotatable bonds is 5. The minimum atomic E-state index is -3.33. The number of anilines is 1. The second kappa shape index (κ2) is 6.45. The van der Waals surface area contributed by atoms with Crippen LogP contribution in [0.15, 0.2) is 47.4 Å². The quantitative estimate of drug-likeness (QED) is 0.906. The molecule has 1 N–H and O–H groups in total. The van der Waals surface area contributed by atoms with Crippen molar-refractivity contribution < 1.29 is 12.8 Å². The first kappa shape index (κ1) is 15.8. The normalized spacial score (nSPS) is 11.4. The van der Waals surface area contributed by atoms with Crippen LogP contribution in [0.5, 0.6) is 0 Å². The van der Waals surface area contributed by atoms with Gasteiger partial charge in [-0.1, -0.05) is 36.7 Å². The van der Waals surface area contributed by atoms with Gasteiger partial charge in [-0.2, -0.15) is 0 Å². The lowest BCUT2D eigenvalue weighted by Gasteiger charge is -2.12. The van der Waals surface area contributed by atoms with Crippen molar-refractivity contribution in [2.24, 2.45) is 0 Å². The molecule has 2 aromatic carbocycles. The second-order valence-corrected chi connectivity index (χ2v) is 7.17. The maximum Gasteiger partial charge on any atom is 0.180 e. The Morgan fingerprint density at radius 3 is 2.57 bits per heavy atom. The van der Waals surface area contributed by atoms with Crippen LogP contribution in [0.4, 0.5) is 10.1 Å². The molecule has 2 rings (SSSR count). The minimum absolute atomic E-state index is 0.0149. The zero-order chi connectivity index (χ0) is 15.5. The van der Waals surface area contributed by atoms with Gasteiger partial charge < -0.3 is 5.32 Å². The molecule has 0 aliphatic rings. The molecule has 0 radical (unpaired) electrons. The van der Waals surface area contributed by atoms with Gasteiger partial charge in [-0.3, -0.25) is 0 Å². The molecular formula is C15H15ClFNO2S. The van der Waals surface area contributed by atoms with Gasteiger partial charge in [-0.15, -0.1) is 0 Å². The Hall–Kier alpha value is -1.59. The molecule has 112 valence electrons. The van der Waals surface area contributed by atoms with E-state index in [9.17, 15) is 12.8 Å². The summed E-state index contributed by atoms with van der Waals surface area (Å²) >= 11 is 5.70. The lowest BCUT2D eigenvalue weighted by Crippen LogP contribution is -2.09. The topological polar surface area (TPSA) is 46.2 Å². The summed E-state index contributed by atoms with van der Waals surface area (Å²) in [5.41, 5.74) is 0.886. The second-order valence-electron chi connectivity index (χ2n) is 4.49. The van der Waals surface area contributed by atoms with Gasteiger partial charge in [0, 0.05) is 17.1 Å². The minimum Gasteiger partial charge on any atom is -0.380 e. The van der Waals surface area contributed by atoms with Crippen molar-refractivity contribution in [1.29, 1.82) is 0 Å². The molecule has 0 spiro atoms. The van der Waals surface area contributed by atoms with Crippen LogP contribution in [0.2, 0.25) is 5.02 Å². The van der Waals surface area contributed by atoms with Crippen LogP contribution in [0, 0.1) is 5.82 Å². The number of hydrogen-bond acceptors (Lipinski definition) is 3. The molecular weight excluding hydrogens is 313 g/mol. The third-order valence-electron chi connectivity index (χ3n) is 3.09. The Kier molecular flexibility index (Phi) is 4.85. The van der Waals surface area contributed by atoms with E-state index in [1.54, 1.807) is 43.3 Å². The maximum absolute atomic E-state index is 13.7. The third kappa shape index (κ3) is 3.74. The largest absolute Gasteiger partial charge is 0.380 e. The number of halogens is 2. The molecule has 21 heavy (non-hydrogen) atoms. The van der Waals surface area contributed by atoms with E-state index in [1.165, 1.54) is 6.07 Å². The summed E-state index contributed by atoms with van der Waals surface area (Å²) in [6, 6.07) is 11.0. The van der Waals surface area contributed by atoms with E-state index in [0.717, 1.165) is 0 Å². The molecule has 0 aromatic heterocycles. The van der Waals surface area contributed by atoms with E-state index in [2.05, 4.69) is 5.32 Å². The molecule has 0 aliphatic heterocycles. The highest BCUT2D eigenvalue weighted by Gasteiger charge is 2.16. The van der Waals surface area contributed by atoms with Gasteiger partial charge in [-0.05, 0) is 24.3 Å². The van der Waals surface area contributed by atoms with Gasteiger partial charge in [-0.25, -0.2) is 12.8 Å². The summed E-state index contributed by atoms with van der Waals surface area (Å²) in [4.78, 5) is 0.224. The van der Waals surface area contributed by atoms with Crippen LogP contribution in [-0.2, 0) is 16.4 Å². The zero-order valence-corrected chi connectivity index (χ0v) is 13.0. The first-order chi connectivity index (χ1) is 9.94. The van der Waals surface area contributed by atoms with Crippen LogP contribution >= 0.6 is 11.6 Å². The highest BCUT2D eigenvalue weighted by Crippen LogP contribution is 2.23. The highest BCUT2D eigenvalue weighted by atomic mass is 35.5. The molecule has 0 fully saturated rings. The van der Waals surface area contributed by atoms with Crippen molar-refractivity contribution >= 4 is 27.1 Å². The van der Waals surface area contributed by atoms with E-state index in [0.29, 0.717) is 16.3 Å². The molecule has 2 aromatic rings. The fourth-order valence-electron chi connectivity index (χ4n) is 1.89. The van der Waals surface area contributed by atoms with Crippen LogP contribution in [0.3, 0.4) is 0 Å². The zero-order valence-electron chi connectivity index (χ0n) is 11.4. The van der Waals surface area contributed by atoms with E-state index in [4.69, 9.17) is 11.6 Å². The summed E-state index contributed by atoms with van der Waals surface area (Å²) in [5.74, 6) is -0.410. The molecule has 3 nitrogen and oxygen atoms in total. The van der Waals surface area contributed by atoms with Crippen LogP contribution in [0.25, 0.3) is 0 Å². The smallest absolute Gasteiger partial charge is 0.180 e. The van der Waals surface area contributed by atoms with E-state index < -0.39 is 15.7 Å². The van der Waals surface area contributed by atoms with Crippen molar-refractivity contribution in [2.75, 3.05) is 11.1 Å². The summed E-state index contributed by atoms with van der Waals surface area (Å²) in [6.07, 6.45) is 0. The maximum atomic E-state index is 13.7. The monoisotopic (exact) mass is 327 g/mol. The summed E-state index contributed by atoms with van der Waals surface area (Å²) in [7, 11) is -3.33. The van der Waals surface area contributed by atoms with Crippen molar-refractivity contribution in [1.82, 2.24) is 0 Å². The molecule has 0 heterocycles. The number of benzene rings is 2.